The van der Waals surface area contributed by atoms with Crippen LogP contribution >= 0.6 is 0 Å². The molecule has 0 aliphatic carbocycles. The van der Waals surface area contributed by atoms with Crippen molar-refractivity contribution in [2.24, 2.45) is 0 Å². The number of anilines is 1. The Kier molecular flexibility index (Phi) is 4.51. The summed E-state index contributed by atoms with van der Waals surface area (Å²) in [6.07, 6.45) is 1.61. The molecule has 0 spiro atoms. The average molecular weight is 323 g/mol. The summed E-state index contributed by atoms with van der Waals surface area (Å²) in [5.41, 5.74) is 5.42. The quantitative estimate of drug-likeness (QED) is 0.753. The maximum absolute atomic E-state index is 4.55. The number of aromatic nitrogens is 4. The lowest BCUT2D eigenvalue weighted by molar-refractivity contribution is 0.675. The van der Waals surface area contributed by atoms with Crippen LogP contribution in [0.15, 0.2) is 30.6 Å². The molecule has 24 heavy (non-hydrogen) atoms. The number of nitrogens with one attached hydrogen (secondary N) is 1. The molecule has 0 saturated heterocycles. The topological polar surface area (TPSA) is 55.6 Å². The fraction of sp³-hybridized carbons (Fsp3) is 0.421. The molecule has 5 nitrogen and oxygen atoms in total. The maximum atomic E-state index is 4.55. The van der Waals surface area contributed by atoms with E-state index < -0.39 is 0 Å². The Morgan fingerprint density at radius 2 is 1.71 bits per heavy atom. The predicted molar refractivity (Wildman–Crippen MR) is 98.3 cm³/mol. The largest absolute Gasteiger partial charge is 0.362 e. The van der Waals surface area contributed by atoms with E-state index in [4.69, 9.17) is 0 Å². The van der Waals surface area contributed by atoms with E-state index in [1.807, 2.05) is 11.6 Å². The molecule has 2 heterocycles. The Bertz CT molecular complexity index is 833. The summed E-state index contributed by atoms with van der Waals surface area (Å²) in [6, 6.07) is 8.94. The van der Waals surface area contributed by atoms with Gasteiger partial charge in [-0.05, 0) is 37.8 Å². The molecule has 0 aliphatic heterocycles. The van der Waals surface area contributed by atoms with E-state index in [1.54, 1.807) is 6.33 Å². The zero-order valence-electron chi connectivity index (χ0n) is 15.0. The third kappa shape index (κ3) is 2.98. The number of nitrogens with zero attached hydrogens (tertiary/aromatic N) is 4. The van der Waals surface area contributed by atoms with Crippen LogP contribution in [0.2, 0.25) is 0 Å². The number of fused-ring (bicyclic) bond motifs is 1. The molecule has 5 heteroatoms. The lowest BCUT2D eigenvalue weighted by atomic mass is 9.99. The molecular formula is C19H25N5. The monoisotopic (exact) mass is 323 g/mol. The van der Waals surface area contributed by atoms with Gasteiger partial charge in [-0.1, -0.05) is 38.1 Å². The third-order valence-corrected chi connectivity index (χ3v) is 4.45. The first-order valence-corrected chi connectivity index (χ1v) is 8.55. The molecule has 0 unspecified atom stereocenters. The Balaban J connectivity index is 1.91. The Morgan fingerprint density at radius 3 is 2.33 bits per heavy atom. The van der Waals surface area contributed by atoms with Gasteiger partial charge in [0.15, 0.2) is 5.82 Å². The summed E-state index contributed by atoms with van der Waals surface area (Å²) in [5.74, 6) is 1.38. The maximum Gasteiger partial charge on any atom is 0.156 e. The zero-order chi connectivity index (χ0) is 17.3. The minimum Gasteiger partial charge on any atom is -0.362 e. The van der Waals surface area contributed by atoms with Crippen LogP contribution in [-0.2, 0) is 6.54 Å². The second-order valence-electron chi connectivity index (χ2n) is 6.51. The average Bonchev–Trinajstić information content (AvgIpc) is 2.92. The highest BCUT2D eigenvalue weighted by atomic mass is 15.3. The van der Waals surface area contributed by atoms with Crippen molar-refractivity contribution in [1.82, 2.24) is 19.7 Å². The molecule has 0 fully saturated rings. The van der Waals surface area contributed by atoms with Crippen LogP contribution in [0.4, 0.5) is 5.82 Å². The molecule has 0 aliphatic rings. The van der Waals surface area contributed by atoms with Gasteiger partial charge in [0.05, 0.1) is 11.7 Å². The van der Waals surface area contributed by atoms with Gasteiger partial charge < -0.3 is 5.32 Å². The number of benzene rings is 1. The minimum atomic E-state index is 0.157. The van der Waals surface area contributed by atoms with Crippen molar-refractivity contribution in [1.29, 1.82) is 0 Å². The lowest BCUT2D eigenvalue weighted by Gasteiger charge is -2.17. The van der Waals surface area contributed by atoms with Gasteiger partial charge in [-0.25, -0.2) is 9.97 Å². The van der Waals surface area contributed by atoms with Crippen LogP contribution in [0.25, 0.3) is 11.0 Å². The molecule has 1 N–H and O–H groups in total. The van der Waals surface area contributed by atoms with Gasteiger partial charge in [0.2, 0.25) is 0 Å². The highest BCUT2D eigenvalue weighted by Gasteiger charge is 2.15. The van der Waals surface area contributed by atoms with Crippen LogP contribution in [0, 0.1) is 6.92 Å². The molecule has 2 aromatic heterocycles. The molecule has 0 bridgehead atoms. The molecule has 126 valence electrons. The van der Waals surface area contributed by atoms with Gasteiger partial charge >= 0.3 is 0 Å². The molecule has 0 saturated carbocycles. The van der Waals surface area contributed by atoms with Crippen molar-refractivity contribution in [3.8, 4) is 0 Å². The van der Waals surface area contributed by atoms with Crippen molar-refractivity contribution in [2.45, 2.75) is 53.1 Å². The first-order chi connectivity index (χ1) is 11.5. The van der Waals surface area contributed by atoms with Crippen LogP contribution in [0.1, 0.15) is 56.5 Å². The van der Waals surface area contributed by atoms with Crippen molar-refractivity contribution >= 4 is 16.9 Å². The Morgan fingerprint density at radius 1 is 1.04 bits per heavy atom. The van der Waals surface area contributed by atoms with E-state index in [9.17, 15) is 0 Å². The summed E-state index contributed by atoms with van der Waals surface area (Å²) in [7, 11) is 0. The van der Waals surface area contributed by atoms with E-state index in [-0.39, 0.29) is 6.04 Å². The van der Waals surface area contributed by atoms with Crippen molar-refractivity contribution in [2.75, 3.05) is 5.32 Å². The van der Waals surface area contributed by atoms with E-state index in [2.05, 4.69) is 72.3 Å². The molecule has 1 atom stereocenters. The normalized spacial score (nSPS) is 12.8. The highest BCUT2D eigenvalue weighted by molar-refractivity contribution is 5.87. The predicted octanol–water partition coefficient (Wildman–Crippen LogP) is 4.45. The Labute approximate surface area is 143 Å². The lowest BCUT2D eigenvalue weighted by Crippen LogP contribution is -2.10. The smallest absolute Gasteiger partial charge is 0.156 e. The summed E-state index contributed by atoms with van der Waals surface area (Å²) < 4.78 is 1.96. The number of aryl methyl sites for hydroxylation is 2. The van der Waals surface area contributed by atoms with Crippen LogP contribution in [0.3, 0.4) is 0 Å². The van der Waals surface area contributed by atoms with Gasteiger partial charge in [-0.15, -0.1) is 0 Å². The van der Waals surface area contributed by atoms with E-state index in [0.29, 0.717) is 5.92 Å². The number of rotatable bonds is 5. The van der Waals surface area contributed by atoms with Gasteiger partial charge in [0.1, 0.15) is 17.4 Å². The second-order valence-corrected chi connectivity index (χ2v) is 6.51. The van der Waals surface area contributed by atoms with Crippen LogP contribution in [0.5, 0.6) is 0 Å². The standard InChI is InChI=1S/C19H25N5/c1-6-24-18-17(14(5)23-24)20-11-21-19(18)22-13(4)16-9-7-15(8-10-16)12(2)3/h7-13H,6H2,1-5H3,(H,20,21,22)/t13-/m1/s1. The summed E-state index contributed by atoms with van der Waals surface area (Å²) >= 11 is 0. The third-order valence-electron chi connectivity index (χ3n) is 4.45. The summed E-state index contributed by atoms with van der Waals surface area (Å²) in [4.78, 5) is 8.84. The molecule has 0 amide bonds. The molecule has 3 aromatic rings. The number of hydrogen-bond acceptors (Lipinski definition) is 4. The van der Waals surface area contributed by atoms with Gasteiger partial charge in [0.25, 0.3) is 0 Å². The highest BCUT2D eigenvalue weighted by Crippen LogP contribution is 2.26. The van der Waals surface area contributed by atoms with Crippen LogP contribution in [-0.4, -0.2) is 19.7 Å². The Hall–Kier alpha value is -2.43. The van der Waals surface area contributed by atoms with E-state index >= 15 is 0 Å². The first-order valence-electron chi connectivity index (χ1n) is 8.55. The first kappa shape index (κ1) is 16.4. The molecule has 0 radical (unpaired) electrons. The van der Waals surface area contributed by atoms with Crippen molar-refractivity contribution < 1.29 is 0 Å². The van der Waals surface area contributed by atoms with E-state index in [0.717, 1.165) is 29.1 Å². The minimum absolute atomic E-state index is 0.157. The fourth-order valence-corrected chi connectivity index (χ4v) is 2.96. The van der Waals surface area contributed by atoms with Crippen LogP contribution < -0.4 is 5.32 Å². The van der Waals surface area contributed by atoms with Gasteiger partial charge in [-0.3, -0.25) is 4.68 Å². The summed E-state index contributed by atoms with van der Waals surface area (Å²) in [6.45, 7) is 11.4. The SMILES string of the molecule is CCn1nc(C)c2ncnc(N[C@H](C)c3ccc(C(C)C)cc3)c21. The molecule has 1 aromatic carbocycles. The zero-order valence-corrected chi connectivity index (χ0v) is 15.0. The summed E-state index contributed by atoms with van der Waals surface area (Å²) in [5, 5.41) is 8.08. The van der Waals surface area contributed by atoms with E-state index in [1.165, 1.54) is 11.1 Å². The van der Waals surface area contributed by atoms with Crippen molar-refractivity contribution in [3.05, 3.63) is 47.4 Å². The molecular weight excluding hydrogens is 298 g/mol. The molecule has 3 rings (SSSR count). The van der Waals surface area contributed by atoms with Crippen molar-refractivity contribution in [3.63, 3.8) is 0 Å². The second kappa shape index (κ2) is 6.59. The number of hydrogen-bond donors (Lipinski definition) is 1. The van der Waals surface area contributed by atoms with Gasteiger partial charge in [-0.2, -0.15) is 5.10 Å². The fourth-order valence-electron chi connectivity index (χ4n) is 2.96. The van der Waals surface area contributed by atoms with Gasteiger partial charge in [0, 0.05) is 6.54 Å².